The standard InChI is InChI=1S/C14H19NO2Si/c1-4-18(5-2,6-3)12-11-13-7-9-14(10-8-13)15(16)17/h7-10H,4-6H2,1-3H3. The summed E-state index contributed by atoms with van der Waals surface area (Å²) < 4.78 is 0. The summed E-state index contributed by atoms with van der Waals surface area (Å²) in [6.45, 7) is 6.64. The van der Waals surface area contributed by atoms with Crippen LogP contribution in [0.2, 0.25) is 18.1 Å². The summed E-state index contributed by atoms with van der Waals surface area (Å²) in [5.74, 6) is 3.19. The first-order valence-electron chi connectivity index (χ1n) is 6.34. The topological polar surface area (TPSA) is 43.1 Å². The van der Waals surface area contributed by atoms with Crippen LogP contribution in [0, 0.1) is 21.6 Å². The molecule has 0 heterocycles. The Morgan fingerprint density at radius 3 is 2.00 bits per heavy atom. The molecule has 1 rings (SSSR count). The lowest BCUT2D eigenvalue weighted by Gasteiger charge is -2.19. The molecule has 0 spiro atoms. The van der Waals surface area contributed by atoms with E-state index >= 15 is 0 Å². The Labute approximate surface area is 109 Å². The van der Waals surface area contributed by atoms with Crippen LogP contribution in [0.3, 0.4) is 0 Å². The van der Waals surface area contributed by atoms with Crippen molar-refractivity contribution in [3.8, 4) is 11.5 Å². The fourth-order valence-corrected chi connectivity index (χ4v) is 4.33. The zero-order valence-electron chi connectivity index (χ0n) is 11.2. The van der Waals surface area contributed by atoms with E-state index in [1.54, 1.807) is 12.1 Å². The molecular formula is C14H19NO2Si. The molecular weight excluding hydrogens is 242 g/mol. The smallest absolute Gasteiger partial charge is 0.258 e. The van der Waals surface area contributed by atoms with Crippen LogP contribution in [0.25, 0.3) is 0 Å². The van der Waals surface area contributed by atoms with E-state index in [0.717, 1.165) is 5.56 Å². The Hall–Kier alpha value is -1.60. The molecule has 96 valence electrons. The molecule has 0 saturated carbocycles. The average Bonchev–Trinajstić information content (AvgIpc) is 2.41. The number of benzene rings is 1. The predicted molar refractivity (Wildman–Crippen MR) is 77.2 cm³/mol. The third-order valence-electron chi connectivity index (χ3n) is 3.58. The Bertz CT molecular complexity index is 459. The molecule has 0 aromatic heterocycles. The second-order valence-electron chi connectivity index (χ2n) is 4.39. The minimum Gasteiger partial charge on any atom is -0.258 e. The molecule has 1 aromatic rings. The van der Waals surface area contributed by atoms with Crippen LogP contribution in [0.15, 0.2) is 24.3 Å². The highest BCUT2D eigenvalue weighted by atomic mass is 28.3. The van der Waals surface area contributed by atoms with Gasteiger partial charge in [0.2, 0.25) is 0 Å². The normalized spacial score (nSPS) is 10.6. The maximum absolute atomic E-state index is 10.5. The molecule has 0 amide bonds. The highest BCUT2D eigenvalue weighted by Gasteiger charge is 2.24. The number of nitrogens with zero attached hydrogens (tertiary/aromatic N) is 1. The Balaban J connectivity index is 2.94. The molecule has 0 aliphatic rings. The third kappa shape index (κ3) is 3.44. The van der Waals surface area contributed by atoms with E-state index in [-0.39, 0.29) is 10.6 Å². The van der Waals surface area contributed by atoms with Crippen molar-refractivity contribution in [2.24, 2.45) is 0 Å². The summed E-state index contributed by atoms with van der Waals surface area (Å²) in [5, 5.41) is 10.5. The van der Waals surface area contributed by atoms with Crippen molar-refractivity contribution in [2.45, 2.75) is 38.9 Å². The van der Waals surface area contributed by atoms with Gasteiger partial charge in [-0.05, 0) is 30.3 Å². The molecule has 3 nitrogen and oxygen atoms in total. The van der Waals surface area contributed by atoms with Crippen molar-refractivity contribution in [2.75, 3.05) is 0 Å². The fraction of sp³-hybridized carbons (Fsp3) is 0.429. The van der Waals surface area contributed by atoms with E-state index in [4.69, 9.17) is 0 Å². The van der Waals surface area contributed by atoms with Crippen LogP contribution in [-0.2, 0) is 0 Å². The number of hydrogen-bond donors (Lipinski definition) is 0. The summed E-state index contributed by atoms with van der Waals surface area (Å²) in [7, 11) is -1.43. The molecule has 1 aromatic carbocycles. The lowest BCUT2D eigenvalue weighted by atomic mass is 10.2. The van der Waals surface area contributed by atoms with Gasteiger partial charge < -0.3 is 0 Å². The van der Waals surface area contributed by atoms with E-state index in [0.29, 0.717) is 0 Å². The van der Waals surface area contributed by atoms with E-state index in [2.05, 4.69) is 32.2 Å². The summed E-state index contributed by atoms with van der Waals surface area (Å²) >= 11 is 0. The van der Waals surface area contributed by atoms with E-state index in [1.165, 1.54) is 30.3 Å². The van der Waals surface area contributed by atoms with E-state index in [9.17, 15) is 10.1 Å². The number of non-ortho nitro benzene ring substituents is 1. The van der Waals surface area contributed by atoms with Gasteiger partial charge in [-0.25, -0.2) is 0 Å². The highest BCUT2D eigenvalue weighted by molar-refractivity contribution is 6.87. The fourth-order valence-electron chi connectivity index (χ4n) is 1.89. The Morgan fingerprint density at radius 2 is 1.61 bits per heavy atom. The molecule has 0 unspecified atom stereocenters. The van der Waals surface area contributed by atoms with Crippen molar-refractivity contribution >= 4 is 13.8 Å². The minimum atomic E-state index is -1.43. The van der Waals surface area contributed by atoms with Gasteiger partial charge in [-0.1, -0.05) is 26.7 Å². The van der Waals surface area contributed by atoms with Crippen molar-refractivity contribution in [1.29, 1.82) is 0 Å². The van der Waals surface area contributed by atoms with Crippen LogP contribution in [0.4, 0.5) is 5.69 Å². The Morgan fingerprint density at radius 1 is 1.11 bits per heavy atom. The van der Waals surface area contributed by atoms with Gasteiger partial charge in [-0.3, -0.25) is 10.1 Å². The van der Waals surface area contributed by atoms with Crippen LogP contribution in [-0.4, -0.2) is 13.0 Å². The molecule has 0 bridgehead atoms. The second-order valence-corrected chi connectivity index (χ2v) is 9.33. The van der Waals surface area contributed by atoms with Crippen LogP contribution >= 0.6 is 0 Å². The van der Waals surface area contributed by atoms with Crippen LogP contribution in [0.5, 0.6) is 0 Å². The maximum atomic E-state index is 10.5. The summed E-state index contributed by atoms with van der Waals surface area (Å²) in [4.78, 5) is 10.2. The van der Waals surface area contributed by atoms with Crippen molar-refractivity contribution in [3.05, 3.63) is 39.9 Å². The van der Waals surface area contributed by atoms with Crippen molar-refractivity contribution < 1.29 is 4.92 Å². The van der Waals surface area contributed by atoms with Gasteiger partial charge in [0.25, 0.3) is 5.69 Å². The van der Waals surface area contributed by atoms with Gasteiger partial charge in [0.15, 0.2) is 0 Å². The molecule has 0 aliphatic carbocycles. The van der Waals surface area contributed by atoms with E-state index in [1.807, 2.05) is 0 Å². The van der Waals surface area contributed by atoms with Crippen LogP contribution in [0.1, 0.15) is 26.3 Å². The summed E-state index contributed by atoms with van der Waals surface area (Å²) in [5.41, 5.74) is 4.45. The average molecular weight is 261 g/mol. The molecule has 0 radical (unpaired) electrons. The number of hydrogen-bond acceptors (Lipinski definition) is 2. The van der Waals surface area contributed by atoms with Gasteiger partial charge in [0.1, 0.15) is 8.07 Å². The SMILES string of the molecule is CC[Si](C#Cc1ccc([N+](=O)[O-])cc1)(CC)CC. The van der Waals surface area contributed by atoms with Gasteiger partial charge in [-0.15, -0.1) is 5.54 Å². The third-order valence-corrected chi connectivity index (χ3v) is 8.30. The van der Waals surface area contributed by atoms with Crippen molar-refractivity contribution in [1.82, 2.24) is 0 Å². The number of nitro groups is 1. The first-order chi connectivity index (χ1) is 8.56. The molecule has 0 aliphatic heterocycles. The molecule has 0 atom stereocenters. The quantitative estimate of drug-likeness (QED) is 0.356. The lowest BCUT2D eigenvalue weighted by Crippen LogP contribution is -2.29. The molecule has 18 heavy (non-hydrogen) atoms. The lowest BCUT2D eigenvalue weighted by molar-refractivity contribution is -0.384. The Kier molecular flexibility index (Phi) is 5.11. The minimum absolute atomic E-state index is 0.116. The zero-order chi connectivity index (χ0) is 13.6. The first-order valence-corrected chi connectivity index (χ1v) is 8.96. The predicted octanol–water partition coefficient (Wildman–Crippen LogP) is 3.99. The van der Waals surface area contributed by atoms with Gasteiger partial charge >= 0.3 is 0 Å². The van der Waals surface area contributed by atoms with Crippen molar-refractivity contribution in [3.63, 3.8) is 0 Å². The molecule has 4 heteroatoms. The summed E-state index contributed by atoms with van der Waals surface area (Å²) in [6, 6.07) is 9.98. The van der Waals surface area contributed by atoms with Crippen LogP contribution < -0.4 is 0 Å². The molecule has 0 N–H and O–H groups in total. The second kappa shape index (κ2) is 6.36. The van der Waals surface area contributed by atoms with E-state index < -0.39 is 8.07 Å². The maximum Gasteiger partial charge on any atom is 0.269 e. The number of rotatable bonds is 4. The largest absolute Gasteiger partial charge is 0.269 e. The summed E-state index contributed by atoms with van der Waals surface area (Å²) in [6.07, 6.45) is 0. The van der Waals surface area contributed by atoms with Gasteiger partial charge in [-0.2, -0.15) is 0 Å². The monoisotopic (exact) mass is 261 g/mol. The number of nitro benzene ring substituents is 1. The zero-order valence-corrected chi connectivity index (χ0v) is 12.2. The molecule has 0 saturated heterocycles. The van der Waals surface area contributed by atoms with Gasteiger partial charge in [0.05, 0.1) is 4.92 Å². The van der Waals surface area contributed by atoms with Gasteiger partial charge in [0, 0.05) is 17.7 Å². The highest BCUT2D eigenvalue weighted by Crippen LogP contribution is 2.19. The molecule has 0 fully saturated rings. The first kappa shape index (κ1) is 14.5.